The molecule has 1 saturated heterocycles. The fourth-order valence-electron chi connectivity index (χ4n) is 3.59. The number of hydrazine groups is 1. The molecule has 0 bridgehead atoms. The van der Waals surface area contributed by atoms with Crippen molar-refractivity contribution in [2.24, 2.45) is 0 Å². The fraction of sp³-hybridized carbons (Fsp3) is 0.120. The van der Waals surface area contributed by atoms with Gasteiger partial charge in [-0.15, -0.1) is 0 Å². The average molecular weight is 495 g/mol. The van der Waals surface area contributed by atoms with Crippen LogP contribution in [0.3, 0.4) is 0 Å². The minimum atomic E-state index is -1.14. The maximum Gasteiger partial charge on any atom is 0.269 e. The maximum absolute atomic E-state index is 13.6. The van der Waals surface area contributed by atoms with E-state index in [0.717, 1.165) is 16.6 Å². The number of hydrogen-bond donors (Lipinski definition) is 2. The minimum Gasteiger partial charge on any atom is -0.326 e. The third kappa shape index (κ3) is 5.67. The Morgan fingerprint density at radius 1 is 0.914 bits per heavy atom. The highest BCUT2D eigenvalue weighted by Gasteiger charge is 2.44. The molecule has 4 rings (SSSR count). The Kier molecular flexibility index (Phi) is 7.11. The van der Waals surface area contributed by atoms with Gasteiger partial charge >= 0.3 is 0 Å². The number of carbonyl (C=O) groups excluding carboxylic acids is 3. The zero-order valence-electron chi connectivity index (χ0n) is 18.3. The van der Waals surface area contributed by atoms with E-state index in [9.17, 15) is 23.2 Å². The van der Waals surface area contributed by atoms with Crippen molar-refractivity contribution in [1.29, 1.82) is 0 Å². The van der Waals surface area contributed by atoms with E-state index in [0.29, 0.717) is 5.69 Å². The molecule has 1 atom stereocenters. The summed E-state index contributed by atoms with van der Waals surface area (Å²) in [5.41, 5.74) is 3.71. The molecule has 0 radical (unpaired) electrons. The summed E-state index contributed by atoms with van der Waals surface area (Å²) in [4.78, 5) is 40.1. The van der Waals surface area contributed by atoms with Crippen molar-refractivity contribution >= 4 is 40.7 Å². The Hall–Kier alpha value is -4.18. The van der Waals surface area contributed by atoms with Crippen LogP contribution in [-0.2, 0) is 16.1 Å². The predicted molar refractivity (Wildman–Crippen MR) is 129 cm³/mol. The summed E-state index contributed by atoms with van der Waals surface area (Å²) in [6.45, 7) is 0.140. The van der Waals surface area contributed by atoms with Crippen LogP contribution in [-0.4, -0.2) is 38.8 Å². The van der Waals surface area contributed by atoms with E-state index in [-0.39, 0.29) is 23.6 Å². The number of amides is 3. The summed E-state index contributed by atoms with van der Waals surface area (Å²) < 4.78 is 26.8. The largest absolute Gasteiger partial charge is 0.326 e. The van der Waals surface area contributed by atoms with E-state index < -0.39 is 35.4 Å². The molecule has 178 valence electrons. The van der Waals surface area contributed by atoms with Gasteiger partial charge in [0.25, 0.3) is 11.8 Å². The Morgan fingerprint density at radius 3 is 2.31 bits per heavy atom. The van der Waals surface area contributed by atoms with Gasteiger partial charge in [0, 0.05) is 11.3 Å². The maximum atomic E-state index is 13.6. The average Bonchev–Trinajstić information content (AvgIpc) is 3.05. The van der Waals surface area contributed by atoms with Gasteiger partial charge in [0.2, 0.25) is 5.91 Å². The third-order valence-electron chi connectivity index (χ3n) is 5.30. The molecule has 0 unspecified atom stereocenters. The van der Waals surface area contributed by atoms with Gasteiger partial charge in [-0.1, -0.05) is 36.4 Å². The molecule has 1 aliphatic rings. The van der Waals surface area contributed by atoms with Gasteiger partial charge in [-0.05, 0) is 60.2 Å². The molecule has 10 heteroatoms. The van der Waals surface area contributed by atoms with Gasteiger partial charge in [0.1, 0.15) is 17.7 Å². The Labute approximate surface area is 205 Å². The van der Waals surface area contributed by atoms with E-state index >= 15 is 0 Å². The van der Waals surface area contributed by atoms with Gasteiger partial charge in [-0.2, -0.15) is 0 Å². The molecule has 0 spiro atoms. The van der Waals surface area contributed by atoms with Crippen LogP contribution in [0.25, 0.3) is 0 Å². The quantitative estimate of drug-likeness (QED) is 0.491. The monoisotopic (exact) mass is 494 g/mol. The number of hydrogen-bond acceptors (Lipinski definition) is 4. The highest BCUT2D eigenvalue weighted by Crippen LogP contribution is 2.23. The lowest BCUT2D eigenvalue weighted by Gasteiger charge is -2.24. The molecular weight excluding hydrogens is 474 g/mol. The second-order valence-electron chi connectivity index (χ2n) is 7.79. The molecular formula is C25H20F2N4O3S. The van der Waals surface area contributed by atoms with Crippen LogP contribution < -0.4 is 10.7 Å². The second kappa shape index (κ2) is 10.4. The topological polar surface area (TPSA) is 81.8 Å². The van der Waals surface area contributed by atoms with Crippen LogP contribution in [0.1, 0.15) is 22.3 Å². The van der Waals surface area contributed by atoms with Gasteiger partial charge in [0.05, 0.1) is 13.0 Å². The molecule has 3 aromatic rings. The predicted octanol–water partition coefficient (Wildman–Crippen LogP) is 3.64. The first-order valence-electron chi connectivity index (χ1n) is 10.6. The van der Waals surface area contributed by atoms with E-state index in [2.05, 4.69) is 10.7 Å². The lowest BCUT2D eigenvalue weighted by Crippen LogP contribution is -2.49. The SMILES string of the molecule is O=C(C[C@@H]1C(=O)N(Cc2ccccc2)C(=S)N1NC(=O)c1cccc(F)c1)Nc1ccc(F)cc1. The number of carbonyl (C=O) groups is 3. The van der Waals surface area contributed by atoms with Crippen molar-refractivity contribution in [1.82, 2.24) is 15.3 Å². The van der Waals surface area contributed by atoms with Crippen LogP contribution in [0.4, 0.5) is 14.5 Å². The summed E-state index contributed by atoms with van der Waals surface area (Å²) in [6.07, 6.45) is -0.342. The van der Waals surface area contributed by atoms with Gasteiger partial charge in [-0.3, -0.25) is 24.7 Å². The molecule has 0 aliphatic carbocycles. The lowest BCUT2D eigenvalue weighted by molar-refractivity contribution is -0.131. The fourth-order valence-corrected chi connectivity index (χ4v) is 3.92. The zero-order chi connectivity index (χ0) is 24.9. The summed E-state index contributed by atoms with van der Waals surface area (Å²) in [7, 11) is 0. The van der Waals surface area contributed by atoms with Crippen molar-refractivity contribution in [3.63, 3.8) is 0 Å². The molecule has 7 nitrogen and oxygen atoms in total. The minimum absolute atomic E-state index is 0.00295. The molecule has 3 aromatic carbocycles. The van der Waals surface area contributed by atoms with Gasteiger partial charge in [-0.25, -0.2) is 13.8 Å². The zero-order valence-corrected chi connectivity index (χ0v) is 19.1. The summed E-state index contributed by atoms with van der Waals surface area (Å²) in [5.74, 6) is -2.76. The molecule has 1 aliphatic heterocycles. The smallest absolute Gasteiger partial charge is 0.269 e. The molecule has 35 heavy (non-hydrogen) atoms. The highest BCUT2D eigenvalue weighted by molar-refractivity contribution is 7.80. The van der Waals surface area contributed by atoms with Crippen molar-refractivity contribution in [3.8, 4) is 0 Å². The first kappa shape index (κ1) is 24.0. The normalized spacial score (nSPS) is 15.3. The van der Waals surface area contributed by atoms with Crippen LogP contribution in [0, 0.1) is 11.6 Å². The molecule has 1 fully saturated rings. The first-order chi connectivity index (χ1) is 16.8. The Bertz CT molecular complexity index is 1270. The molecule has 2 N–H and O–H groups in total. The van der Waals surface area contributed by atoms with E-state index in [4.69, 9.17) is 12.2 Å². The van der Waals surface area contributed by atoms with Gasteiger partial charge < -0.3 is 5.32 Å². The van der Waals surface area contributed by atoms with E-state index in [1.54, 1.807) is 0 Å². The van der Waals surface area contributed by atoms with Crippen molar-refractivity contribution in [2.45, 2.75) is 19.0 Å². The van der Waals surface area contributed by atoms with Crippen LogP contribution in [0.5, 0.6) is 0 Å². The van der Waals surface area contributed by atoms with Crippen molar-refractivity contribution in [3.05, 3.63) is 102 Å². The standard InChI is InChI=1S/C25H20F2N4O3S/c26-18-9-11-20(12-10-18)28-22(32)14-21-24(34)30(15-16-5-2-1-3-6-16)25(35)31(21)29-23(33)17-7-4-8-19(27)13-17/h1-13,21H,14-15H2,(H,28,32)(H,29,33)/t21-/m1/s1. The van der Waals surface area contributed by atoms with Crippen LogP contribution >= 0.6 is 12.2 Å². The molecule has 0 aromatic heterocycles. The molecule has 3 amide bonds. The van der Waals surface area contributed by atoms with Crippen molar-refractivity contribution < 1.29 is 23.2 Å². The molecule has 1 heterocycles. The second-order valence-corrected chi connectivity index (χ2v) is 8.15. The van der Waals surface area contributed by atoms with Gasteiger partial charge in [0.15, 0.2) is 5.11 Å². The number of thiocarbonyl (C=S) groups is 1. The highest BCUT2D eigenvalue weighted by atomic mass is 32.1. The summed E-state index contributed by atoms with van der Waals surface area (Å²) >= 11 is 5.48. The Morgan fingerprint density at radius 2 is 1.63 bits per heavy atom. The van der Waals surface area contributed by atoms with Crippen LogP contribution in [0.2, 0.25) is 0 Å². The number of benzene rings is 3. The summed E-state index contributed by atoms with van der Waals surface area (Å²) in [5, 5.41) is 3.75. The Balaban J connectivity index is 1.56. The molecule has 0 saturated carbocycles. The van der Waals surface area contributed by atoms with Crippen molar-refractivity contribution in [2.75, 3.05) is 5.32 Å². The first-order valence-corrected chi connectivity index (χ1v) is 11.0. The lowest BCUT2D eigenvalue weighted by atomic mass is 10.1. The number of nitrogens with one attached hydrogen (secondary N) is 2. The number of rotatable bonds is 7. The third-order valence-corrected chi connectivity index (χ3v) is 5.72. The van der Waals surface area contributed by atoms with E-state index in [1.807, 2.05) is 30.3 Å². The summed E-state index contributed by atoms with van der Waals surface area (Å²) in [6, 6.07) is 18.2. The number of halogens is 2. The number of anilines is 1. The van der Waals surface area contributed by atoms with E-state index in [1.165, 1.54) is 47.4 Å². The van der Waals surface area contributed by atoms with Crippen LogP contribution in [0.15, 0.2) is 78.9 Å². The number of nitrogens with zero attached hydrogens (tertiary/aromatic N) is 2.